The summed E-state index contributed by atoms with van der Waals surface area (Å²) in [5, 5.41) is 18.8. The van der Waals surface area contributed by atoms with E-state index in [1.807, 2.05) is 30.3 Å². The maximum absolute atomic E-state index is 12.8. The lowest BCUT2D eigenvalue weighted by Crippen LogP contribution is -2.28. The van der Waals surface area contributed by atoms with E-state index in [1.54, 1.807) is 35.2 Å². The molecule has 1 aliphatic heterocycles. The zero-order valence-electron chi connectivity index (χ0n) is 12.7. The molecule has 1 amide bonds. The lowest BCUT2D eigenvalue weighted by atomic mass is 10.0. The highest BCUT2D eigenvalue weighted by molar-refractivity contribution is 6.36. The molecule has 1 aliphatic rings. The fourth-order valence-electron chi connectivity index (χ4n) is 2.79. The summed E-state index contributed by atoms with van der Waals surface area (Å²) in [4.78, 5) is 14.4. The van der Waals surface area contributed by atoms with E-state index in [9.17, 15) is 4.79 Å². The molecule has 5 heteroatoms. The first-order chi connectivity index (χ1) is 11.7. The Labute approximate surface area is 144 Å². The van der Waals surface area contributed by atoms with E-state index < -0.39 is 0 Å². The SMILES string of the molecule is N#CC(C#N)=C1C(=O)N(CCc2ccccc2)c2ccc(Cl)cc21. The van der Waals surface area contributed by atoms with Gasteiger partial charge in [0.05, 0.1) is 11.3 Å². The van der Waals surface area contributed by atoms with E-state index >= 15 is 0 Å². The third-order valence-corrected chi connectivity index (χ3v) is 4.15. The number of anilines is 1. The van der Waals surface area contributed by atoms with Gasteiger partial charge in [-0.25, -0.2) is 0 Å². The van der Waals surface area contributed by atoms with Crippen molar-refractivity contribution in [2.75, 3.05) is 11.4 Å². The van der Waals surface area contributed by atoms with Crippen molar-refractivity contribution in [3.8, 4) is 12.1 Å². The van der Waals surface area contributed by atoms with Crippen LogP contribution in [0.15, 0.2) is 54.1 Å². The molecule has 0 radical (unpaired) electrons. The van der Waals surface area contributed by atoms with E-state index in [2.05, 4.69) is 0 Å². The van der Waals surface area contributed by atoms with Gasteiger partial charge in [-0.15, -0.1) is 0 Å². The second-order valence-corrected chi connectivity index (χ2v) is 5.76. The molecule has 0 fully saturated rings. The molecule has 2 aromatic carbocycles. The highest BCUT2D eigenvalue weighted by Crippen LogP contribution is 2.39. The van der Waals surface area contributed by atoms with Gasteiger partial charge < -0.3 is 4.90 Å². The van der Waals surface area contributed by atoms with Crippen molar-refractivity contribution in [2.24, 2.45) is 0 Å². The molecule has 4 nitrogen and oxygen atoms in total. The van der Waals surface area contributed by atoms with Crippen LogP contribution in [0.5, 0.6) is 0 Å². The van der Waals surface area contributed by atoms with Crippen molar-refractivity contribution in [1.29, 1.82) is 10.5 Å². The minimum atomic E-state index is -0.332. The second kappa shape index (κ2) is 6.58. The van der Waals surface area contributed by atoms with Crippen LogP contribution >= 0.6 is 11.6 Å². The number of benzene rings is 2. The number of rotatable bonds is 3. The minimum absolute atomic E-state index is 0.130. The lowest BCUT2D eigenvalue weighted by Gasteiger charge is -2.17. The van der Waals surface area contributed by atoms with Gasteiger partial charge in [-0.2, -0.15) is 10.5 Å². The molecular weight excluding hydrogens is 322 g/mol. The number of halogens is 1. The van der Waals surface area contributed by atoms with Gasteiger partial charge in [0.1, 0.15) is 17.7 Å². The normalized spacial score (nSPS) is 12.5. The zero-order chi connectivity index (χ0) is 17.1. The van der Waals surface area contributed by atoms with Crippen molar-refractivity contribution in [1.82, 2.24) is 0 Å². The highest BCUT2D eigenvalue weighted by atomic mass is 35.5. The highest BCUT2D eigenvalue weighted by Gasteiger charge is 2.34. The predicted molar refractivity (Wildman–Crippen MR) is 92.1 cm³/mol. The summed E-state index contributed by atoms with van der Waals surface area (Å²) in [6.45, 7) is 0.463. The van der Waals surface area contributed by atoms with Gasteiger partial charge >= 0.3 is 0 Å². The summed E-state index contributed by atoms with van der Waals surface area (Å²) in [5.74, 6) is -0.332. The molecule has 0 spiro atoms. The molecule has 0 aromatic heterocycles. The summed E-state index contributed by atoms with van der Waals surface area (Å²) in [5.41, 5.74) is 2.27. The van der Waals surface area contributed by atoms with Crippen molar-refractivity contribution >= 4 is 28.8 Å². The van der Waals surface area contributed by atoms with Crippen LogP contribution < -0.4 is 4.90 Å². The second-order valence-electron chi connectivity index (χ2n) is 5.33. The fourth-order valence-corrected chi connectivity index (χ4v) is 2.96. The van der Waals surface area contributed by atoms with E-state index in [0.29, 0.717) is 29.2 Å². The summed E-state index contributed by atoms with van der Waals surface area (Å²) in [6, 6.07) is 18.5. The minimum Gasteiger partial charge on any atom is -0.307 e. The Balaban J connectivity index is 2.01. The molecule has 24 heavy (non-hydrogen) atoms. The summed E-state index contributed by atoms with van der Waals surface area (Å²) >= 11 is 6.03. The van der Waals surface area contributed by atoms with Gasteiger partial charge in [0.25, 0.3) is 5.91 Å². The molecule has 0 saturated carbocycles. The first kappa shape index (κ1) is 15.8. The van der Waals surface area contributed by atoms with Crippen LogP contribution in [-0.2, 0) is 11.2 Å². The molecule has 0 saturated heterocycles. The van der Waals surface area contributed by atoms with Crippen LogP contribution in [0.4, 0.5) is 5.69 Å². The Bertz CT molecular complexity index is 904. The number of hydrogen-bond acceptors (Lipinski definition) is 3. The maximum atomic E-state index is 12.8. The van der Waals surface area contributed by atoms with E-state index in [4.69, 9.17) is 22.1 Å². The van der Waals surface area contributed by atoms with Gasteiger partial charge in [0.2, 0.25) is 0 Å². The zero-order valence-corrected chi connectivity index (χ0v) is 13.4. The molecule has 0 N–H and O–H groups in total. The Hall–Kier alpha value is -3.08. The number of nitriles is 2. The molecule has 116 valence electrons. The first-order valence-corrected chi connectivity index (χ1v) is 7.73. The number of amides is 1. The van der Waals surface area contributed by atoms with Crippen molar-refractivity contribution in [3.05, 3.63) is 70.3 Å². The number of nitrogens with zero attached hydrogens (tertiary/aromatic N) is 3. The topological polar surface area (TPSA) is 67.9 Å². The van der Waals surface area contributed by atoms with Gasteiger partial charge in [-0.3, -0.25) is 4.79 Å². The van der Waals surface area contributed by atoms with E-state index in [0.717, 1.165) is 5.56 Å². The van der Waals surface area contributed by atoms with Gasteiger partial charge in [0, 0.05) is 17.1 Å². The fraction of sp³-hybridized carbons (Fsp3) is 0.105. The molecule has 0 unspecified atom stereocenters. The van der Waals surface area contributed by atoms with Crippen LogP contribution in [0.25, 0.3) is 5.57 Å². The third kappa shape index (κ3) is 2.76. The quantitative estimate of drug-likeness (QED) is 0.635. The first-order valence-electron chi connectivity index (χ1n) is 7.36. The Morgan fingerprint density at radius 1 is 1.08 bits per heavy atom. The Kier molecular flexibility index (Phi) is 4.33. The number of hydrogen-bond donors (Lipinski definition) is 0. The largest absolute Gasteiger partial charge is 0.307 e. The third-order valence-electron chi connectivity index (χ3n) is 3.92. The van der Waals surface area contributed by atoms with Crippen molar-refractivity contribution in [2.45, 2.75) is 6.42 Å². The van der Waals surface area contributed by atoms with Gasteiger partial charge in [-0.05, 0) is 30.2 Å². The monoisotopic (exact) mass is 333 g/mol. The standard InChI is InChI=1S/C19H12ClN3O/c20-15-6-7-17-16(10-15)18(14(11-21)12-22)19(24)23(17)9-8-13-4-2-1-3-5-13/h1-7,10H,8-9H2. The average molecular weight is 334 g/mol. The summed E-state index contributed by atoms with van der Waals surface area (Å²) in [7, 11) is 0. The number of carbonyl (C=O) groups excluding carboxylic acids is 1. The Morgan fingerprint density at radius 2 is 1.79 bits per heavy atom. The number of fused-ring (bicyclic) bond motifs is 1. The van der Waals surface area contributed by atoms with Crippen LogP contribution in [0.2, 0.25) is 5.02 Å². The molecule has 2 aromatic rings. The summed E-state index contributed by atoms with van der Waals surface area (Å²) in [6.07, 6.45) is 0.677. The smallest absolute Gasteiger partial charge is 0.261 e. The van der Waals surface area contributed by atoms with Crippen LogP contribution in [0.3, 0.4) is 0 Å². The maximum Gasteiger partial charge on any atom is 0.261 e. The average Bonchev–Trinajstić information content (AvgIpc) is 2.87. The lowest BCUT2D eigenvalue weighted by molar-refractivity contribution is -0.113. The van der Waals surface area contributed by atoms with Crippen molar-refractivity contribution < 1.29 is 4.79 Å². The Morgan fingerprint density at radius 3 is 2.46 bits per heavy atom. The van der Waals surface area contributed by atoms with E-state index in [1.165, 1.54) is 0 Å². The van der Waals surface area contributed by atoms with E-state index in [-0.39, 0.29) is 17.1 Å². The molecule has 1 heterocycles. The molecule has 0 atom stereocenters. The summed E-state index contributed by atoms with van der Waals surface area (Å²) < 4.78 is 0. The van der Waals surface area contributed by atoms with Crippen LogP contribution in [0, 0.1) is 22.7 Å². The number of allylic oxidation sites excluding steroid dienone is 1. The molecular formula is C19H12ClN3O. The van der Waals surface area contributed by atoms with Crippen LogP contribution in [-0.4, -0.2) is 12.5 Å². The predicted octanol–water partition coefficient (Wildman–Crippen LogP) is 3.73. The van der Waals surface area contributed by atoms with Crippen molar-refractivity contribution in [3.63, 3.8) is 0 Å². The number of carbonyl (C=O) groups is 1. The van der Waals surface area contributed by atoms with Crippen LogP contribution in [0.1, 0.15) is 11.1 Å². The molecule has 0 aliphatic carbocycles. The van der Waals surface area contributed by atoms with Gasteiger partial charge in [-0.1, -0.05) is 41.9 Å². The molecule has 0 bridgehead atoms. The molecule has 3 rings (SSSR count). The van der Waals surface area contributed by atoms with Gasteiger partial charge in [0.15, 0.2) is 0 Å².